The fraction of sp³-hybridized carbons (Fsp3) is 0.208. The van der Waals surface area contributed by atoms with Gasteiger partial charge in [-0.05, 0) is 36.4 Å². The highest BCUT2D eigenvalue weighted by atomic mass is 19.4. The van der Waals surface area contributed by atoms with Crippen LogP contribution in [0.2, 0.25) is 0 Å². The maximum absolute atomic E-state index is 13.2. The molecule has 2 aromatic rings. The Morgan fingerprint density at radius 2 is 1.38 bits per heavy atom. The van der Waals surface area contributed by atoms with E-state index in [1.54, 1.807) is 11.9 Å². The number of alkyl halides is 6. The lowest BCUT2D eigenvalue weighted by atomic mass is 9.88. The van der Waals surface area contributed by atoms with Crippen LogP contribution >= 0.6 is 0 Å². The van der Waals surface area contributed by atoms with Crippen LogP contribution in [0.25, 0.3) is 5.41 Å². The lowest BCUT2D eigenvalue weighted by molar-refractivity contribution is -0.530. The number of benzene rings is 2. The van der Waals surface area contributed by atoms with Crippen LogP contribution in [0.4, 0.5) is 26.3 Å². The molecule has 0 saturated carbocycles. The minimum atomic E-state index is -4.59. The van der Waals surface area contributed by atoms with Gasteiger partial charge in [-0.1, -0.05) is 12.1 Å². The number of halogens is 6. The topological polar surface area (TPSA) is 66.2 Å². The van der Waals surface area contributed by atoms with Crippen molar-refractivity contribution in [1.82, 2.24) is 0 Å². The summed E-state index contributed by atoms with van der Waals surface area (Å²) >= 11 is 0. The number of carbonyl (C=O) groups excluding carboxylic acids is 1. The molecule has 0 radical (unpaired) electrons. The lowest BCUT2D eigenvalue weighted by Crippen LogP contribution is -2.39. The maximum atomic E-state index is 13.2. The molecule has 174 valence electrons. The average Bonchev–Trinajstić information content (AvgIpc) is 3.04. The van der Waals surface area contributed by atoms with Crippen LogP contribution in [-0.2, 0) is 12.4 Å². The van der Waals surface area contributed by atoms with Crippen molar-refractivity contribution in [3.8, 4) is 6.07 Å². The fourth-order valence-corrected chi connectivity index (χ4v) is 3.68. The van der Waals surface area contributed by atoms with Crippen LogP contribution < -0.4 is 0 Å². The smallest absolute Gasteiger partial charge is 0.416 e. The van der Waals surface area contributed by atoms with E-state index >= 15 is 0 Å². The number of hydrogen-bond acceptors (Lipinski definition) is 2. The summed E-state index contributed by atoms with van der Waals surface area (Å²) in [5, 5.41) is 18.9. The number of ketones is 1. The molecule has 0 bridgehead atoms. The number of nitrogens with zero attached hydrogens (tertiary/aromatic N) is 3. The first kappa shape index (κ1) is 24.7. The Morgan fingerprint density at radius 3 is 1.79 bits per heavy atom. The summed E-state index contributed by atoms with van der Waals surface area (Å²) in [5.41, 5.74) is -3.24. The van der Waals surface area contributed by atoms with Gasteiger partial charge in [0, 0.05) is 31.1 Å². The highest BCUT2D eigenvalue weighted by molar-refractivity contribution is 6.18. The SMILES string of the molecule is CC1(C)C(C(=O)c2ccc(C(F)(F)F)cc2)=CC(c2ccc(C(F)(F)F)cc2)=[N+]1C(=C=[N-])C#N. The van der Waals surface area contributed by atoms with Gasteiger partial charge in [0.15, 0.2) is 17.4 Å². The van der Waals surface area contributed by atoms with E-state index in [1.807, 2.05) is 0 Å². The third-order valence-corrected chi connectivity index (χ3v) is 5.40. The van der Waals surface area contributed by atoms with Gasteiger partial charge in [-0.3, -0.25) is 4.79 Å². The molecule has 0 atom stereocenters. The molecule has 0 N–H and O–H groups in total. The van der Waals surface area contributed by atoms with Crippen molar-refractivity contribution >= 4 is 17.4 Å². The first-order valence-electron chi connectivity index (χ1n) is 9.68. The number of allylic oxidation sites excluding steroid dienone is 2. The molecular formula is C24H15F6N3O. The van der Waals surface area contributed by atoms with Crippen molar-refractivity contribution in [2.45, 2.75) is 31.7 Å². The van der Waals surface area contributed by atoms with E-state index in [-0.39, 0.29) is 22.4 Å². The number of Topliss-reactive ketones (excluding diaryl/α,β-unsaturated/α-hetero) is 1. The summed E-state index contributed by atoms with van der Waals surface area (Å²) in [7, 11) is 0. The molecule has 4 nitrogen and oxygen atoms in total. The van der Waals surface area contributed by atoms with Gasteiger partial charge in [-0.2, -0.15) is 42.0 Å². The van der Waals surface area contributed by atoms with E-state index in [4.69, 9.17) is 0 Å². The van der Waals surface area contributed by atoms with Gasteiger partial charge in [0.1, 0.15) is 0 Å². The van der Waals surface area contributed by atoms with Crippen LogP contribution in [-0.4, -0.2) is 27.5 Å². The molecule has 3 rings (SSSR count). The van der Waals surface area contributed by atoms with Crippen molar-refractivity contribution in [2.24, 2.45) is 0 Å². The maximum Gasteiger partial charge on any atom is 0.416 e. The Labute approximate surface area is 190 Å². The summed E-state index contributed by atoms with van der Waals surface area (Å²) in [6.07, 6.45) is -7.83. The van der Waals surface area contributed by atoms with Crippen LogP contribution in [0.15, 0.2) is 65.9 Å². The molecule has 0 saturated heterocycles. The summed E-state index contributed by atoms with van der Waals surface area (Å²) < 4.78 is 78.7. The first-order valence-corrected chi connectivity index (χ1v) is 9.68. The lowest BCUT2D eigenvalue weighted by Gasteiger charge is -2.20. The molecule has 10 heteroatoms. The fourth-order valence-electron chi connectivity index (χ4n) is 3.68. The second-order valence-electron chi connectivity index (χ2n) is 7.89. The van der Waals surface area contributed by atoms with E-state index < -0.39 is 40.5 Å². The largest absolute Gasteiger partial charge is 0.757 e. The summed E-state index contributed by atoms with van der Waals surface area (Å²) in [4.78, 5) is 13.2. The average molecular weight is 475 g/mol. The minimum absolute atomic E-state index is 0.0464. The van der Waals surface area contributed by atoms with Gasteiger partial charge in [0.05, 0.1) is 16.7 Å². The molecule has 2 aromatic carbocycles. The third-order valence-electron chi connectivity index (χ3n) is 5.40. The third kappa shape index (κ3) is 4.43. The van der Waals surface area contributed by atoms with Gasteiger partial charge in [0.25, 0.3) is 0 Å². The quantitative estimate of drug-likeness (QED) is 0.185. The van der Waals surface area contributed by atoms with Gasteiger partial charge in [0.2, 0.25) is 5.71 Å². The molecule has 34 heavy (non-hydrogen) atoms. The van der Waals surface area contributed by atoms with Gasteiger partial charge in [-0.15, -0.1) is 0 Å². The monoisotopic (exact) mass is 475 g/mol. The normalized spacial score (nSPS) is 15.4. The predicted octanol–water partition coefficient (Wildman–Crippen LogP) is 5.77. The molecule has 1 heterocycles. The molecule has 0 spiro atoms. The molecule has 0 amide bonds. The zero-order chi connectivity index (χ0) is 25.5. The highest BCUT2D eigenvalue weighted by Gasteiger charge is 2.48. The van der Waals surface area contributed by atoms with E-state index in [2.05, 4.69) is 0 Å². The van der Waals surface area contributed by atoms with E-state index in [1.165, 1.54) is 24.5 Å². The van der Waals surface area contributed by atoms with Crippen molar-refractivity contribution in [3.05, 3.63) is 93.5 Å². The number of rotatable bonds is 4. The van der Waals surface area contributed by atoms with Crippen LogP contribution in [0.5, 0.6) is 0 Å². The van der Waals surface area contributed by atoms with Crippen molar-refractivity contribution < 1.29 is 35.7 Å². The van der Waals surface area contributed by atoms with Gasteiger partial charge in [-0.25, -0.2) is 0 Å². The van der Waals surface area contributed by atoms with E-state index in [9.17, 15) is 41.8 Å². The highest BCUT2D eigenvalue weighted by Crippen LogP contribution is 2.35. The Balaban J connectivity index is 2.13. The van der Waals surface area contributed by atoms with Gasteiger partial charge < -0.3 is 5.41 Å². The van der Waals surface area contributed by atoms with Crippen LogP contribution in [0.3, 0.4) is 0 Å². The predicted molar refractivity (Wildman–Crippen MR) is 111 cm³/mol. The molecular weight excluding hydrogens is 460 g/mol. The molecule has 0 unspecified atom stereocenters. The minimum Gasteiger partial charge on any atom is -0.757 e. The van der Waals surface area contributed by atoms with Crippen LogP contribution in [0.1, 0.15) is 40.9 Å². The Morgan fingerprint density at radius 1 is 0.912 bits per heavy atom. The Hall–Kier alpha value is -3.96. The summed E-state index contributed by atoms with van der Waals surface area (Å²) in [6.45, 7) is 3.04. The van der Waals surface area contributed by atoms with Crippen LogP contribution in [0, 0.1) is 11.3 Å². The molecule has 0 fully saturated rings. The standard InChI is InChI=1S/C24H15F6N3O/c1-22(2)19(21(34)15-5-9-17(10-6-15)24(28,29)30)11-20(33(22)18(12-31)13-32)14-3-7-16(8-4-14)23(25,26)27/h3-11H,1-2H3. The second-order valence-corrected chi connectivity index (χ2v) is 7.89. The Kier molecular flexibility index (Phi) is 6.12. The summed E-state index contributed by atoms with van der Waals surface area (Å²) in [5.74, 6) is 1.07. The van der Waals surface area contributed by atoms with Crippen molar-refractivity contribution in [1.29, 1.82) is 5.26 Å². The molecule has 1 aliphatic heterocycles. The molecule has 0 aliphatic carbocycles. The van der Waals surface area contributed by atoms with E-state index in [0.29, 0.717) is 0 Å². The number of nitriles is 1. The zero-order valence-corrected chi connectivity index (χ0v) is 17.7. The van der Waals surface area contributed by atoms with Crippen molar-refractivity contribution in [3.63, 3.8) is 0 Å². The first-order chi connectivity index (χ1) is 15.7. The molecule has 1 aliphatic rings. The summed E-state index contributed by atoms with van der Waals surface area (Å²) in [6, 6.07) is 9.22. The number of hydrogen-bond donors (Lipinski definition) is 0. The van der Waals surface area contributed by atoms with Crippen molar-refractivity contribution in [2.75, 3.05) is 0 Å². The second kappa shape index (κ2) is 8.43. The number of carbonyl (C=O) groups is 1. The Bertz CT molecular complexity index is 1300. The zero-order valence-electron chi connectivity index (χ0n) is 17.7. The molecule has 0 aromatic heterocycles. The van der Waals surface area contributed by atoms with E-state index in [0.717, 1.165) is 48.5 Å². The van der Waals surface area contributed by atoms with Gasteiger partial charge >= 0.3 is 18.0 Å².